The van der Waals surface area contributed by atoms with Gasteiger partial charge in [0.15, 0.2) is 11.5 Å². The van der Waals surface area contributed by atoms with Gasteiger partial charge in [0.2, 0.25) is 5.91 Å². The fraction of sp³-hybridized carbons (Fsp3) is 0.316. The smallest absolute Gasteiger partial charge is 0.220 e. The Balaban J connectivity index is 1.46. The Morgan fingerprint density at radius 2 is 1.75 bits per heavy atom. The van der Waals surface area contributed by atoms with Crippen molar-refractivity contribution in [3.63, 3.8) is 0 Å². The molecule has 1 N–H and O–H groups in total. The molecule has 1 amide bonds. The number of methoxy groups -OCH3 is 1. The van der Waals surface area contributed by atoms with E-state index in [4.69, 9.17) is 14.2 Å². The lowest BCUT2D eigenvalue weighted by molar-refractivity contribution is -0.121. The van der Waals surface area contributed by atoms with Crippen LogP contribution in [0.5, 0.6) is 17.2 Å². The van der Waals surface area contributed by atoms with Gasteiger partial charge in [-0.3, -0.25) is 4.79 Å². The average molecular weight is 327 g/mol. The molecular formula is C19H21NO4. The summed E-state index contributed by atoms with van der Waals surface area (Å²) in [5.41, 5.74) is 2.11. The van der Waals surface area contributed by atoms with Crippen LogP contribution in [0.25, 0.3) is 0 Å². The monoisotopic (exact) mass is 327 g/mol. The molecular weight excluding hydrogens is 306 g/mol. The highest BCUT2D eigenvalue weighted by Gasteiger charge is 2.12. The van der Waals surface area contributed by atoms with Gasteiger partial charge in [0.25, 0.3) is 0 Å². The second kappa shape index (κ2) is 7.73. The first-order valence-corrected chi connectivity index (χ1v) is 8.03. The molecule has 0 saturated carbocycles. The number of fused-ring (bicyclic) bond motifs is 1. The zero-order valence-electron chi connectivity index (χ0n) is 13.7. The number of carbonyl (C=O) groups excluding carboxylic acids is 1. The standard InChI is InChI=1S/C19H21NO4/c1-22-16-6-2-15(3-7-16)13-20-19(21)9-5-14-4-8-17-18(12-14)24-11-10-23-17/h2-4,6-8,12H,5,9-11,13H2,1H3,(H,20,21). The molecule has 0 saturated heterocycles. The molecule has 0 spiro atoms. The zero-order valence-corrected chi connectivity index (χ0v) is 13.7. The molecule has 0 atom stereocenters. The van der Waals surface area contributed by atoms with Crippen LogP contribution in [-0.4, -0.2) is 26.2 Å². The van der Waals surface area contributed by atoms with Crippen LogP contribution in [0.1, 0.15) is 17.5 Å². The van der Waals surface area contributed by atoms with Crippen LogP contribution >= 0.6 is 0 Å². The first-order valence-electron chi connectivity index (χ1n) is 8.03. The summed E-state index contributed by atoms with van der Waals surface area (Å²) in [6.45, 7) is 1.67. The maximum absolute atomic E-state index is 12.0. The summed E-state index contributed by atoms with van der Waals surface area (Å²) in [5, 5.41) is 2.93. The van der Waals surface area contributed by atoms with Gasteiger partial charge < -0.3 is 19.5 Å². The van der Waals surface area contributed by atoms with E-state index in [0.717, 1.165) is 28.4 Å². The minimum absolute atomic E-state index is 0.0284. The fourth-order valence-electron chi connectivity index (χ4n) is 2.53. The largest absolute Gasteiger partial charge is 0.497 e. The summed E-state index contributed by atoms with van der Waals surface area (Å²) in [6, 6.07) is 13.5. The number of carbonyl (C=O) groups is 1. The van der Waals surface area contributed by atoms with Crippen LogP contribution in [0.3, 0.4) is 0 Å². The van der Waals surface area contributed by atoms with E-state index < -0.39 is 0 Å². The van der Waals surface area contributed by atoms with Crippen LogP contribution in [0.15, 0.2) is 42.5 Å². The Morgan fingerprint density at radius 1 is 1.04 bits per heavy atom. The molecule has 0 aliphatic carbocycles. The number of rotatable bonds is 6. The molecule has 1 aliphatic rings. The summed E-state index contributed by atoms with van der Waals surface area (Å²) in [7, 11) is 1.63. The van der Waals surface area contributed by atoms with E-state index in [1.54, 1.807) is 7.11 Å². The van der Waals surface area contributed by atoms with Crippen molar-refractivity contribution in [1.82, 2.24) is 5.32 Å². The summed E-state index contributed by atoms with van der Waals surface area (Å²) in [6.07, 6.45) is 1.11. The number of benzene rings is 2. The summed E-state index contributed by atoms with van der Waals surface area (Å²) >= 11 is 0. The minimum Gasteiger partial charge on any atom is -0.497 e. The second-order valence-corrected chi connectivity index (χ2v) is 5.60. The van der Waals surface area contributed by atoms with E-state index in [0.29, 0.717) is 32.6 Å². The molecule has 2 aromatic carbocycles. The summed E-state index contributed by atoms with van der Waals surface area (Å²) in [5.74, 6) is 2.37. The first-order chi connectivity index (χ1) is 11.7. The molecule has 1 heterocycles. The quantitative estimate of drug-likeness (QED) is 0.886. The van der Waals surface area contributed by atoms with Gasteiger partial charge >= 0.3 is 0 Å². The maximum Gasteiger partial charge on any atom is 0.220 e. The van der Waals surface area contributed by atoms with E-state index >= 15 is 0 Å². The van der Waals surface area contributed by atoms with Crippen LogP contribution in [0, 0.1) is 0 Å². The highest BCUT2D eigenvalue weighted by atomic mass is 16.6. The number of nitrogens with one attached hydrogen (secondary N) is 1. The van der Waals surface area contributed by atoms with E-state index in [1.807, 2.05) is 42.5 Å². The van der Waals surface area contributed by atoms with Crippen LogP contribution < -0.4 is 19.5 Å². The van der Waals surface area contributed by atoms with E-state index in [1.165, 1.54) is 0 Å². The normalized spacial score (nSPS) is 12.5. The Hall–Kier alpha value is -2.69. The van der Waals surface area contributed by atoms with E-state index in [2.05, 4.69) is 5.32 Å². The summed E-state index contributed by atoms with van der Waals surface area (Å²) < 4.78 is 16.2. The predicted octanol–water partition coefficient (Wildman–Crippen LogP) is 2.72. The molecule has 1 aliphatic heterocycles. The van der Waals surface area contributed by atoms with Gasteiger partial charge in [-0.25, -0.2) is 0 Å². The molecule has 3 rings (SSSR count). The second-order valence-electron chi connectivity index (χ2n) is 5.60. The van der Waals surface area contributed by atoms with Gasteiger partial charge in [-0.05, 0) is 41.8 Å². The van der Waals surface area contributed by atoms with Gasteiger partial charge in [0.1, 0.15) is 19.0 Å². The van der Waals surface area contributed by atoms with Crippen molar-refractivity contribution >= 4 is 5.91 Å². The Morgan fingerprint density at radius 3 is 2.50 bits per heavy atom. The van der Waals surface area contributed by atoms with Crippen LogP contribution in [0.2, 0.25) is 0 Å². The van der Waals surface area contributed by atoms with Gasteiger partial charge in [0.05, 0.1) is 7.11 Å². The number of hydrogen-bond donors (Lipinski definition) is 1. The Labute approximate surface area is 141 Å². The Bertz CT molecular complexity index is 697. The molecule has 0 unspecified atom stereocenters. The molecule has 5 nitrogen and oxygen atoms in total. The minimum atomic E-state index is 0.0284. The highest BCUT2D eigenvalue weighted by molar-refractivity contribution is 5.76. The first kappa shape index (κ1) is 16.2. The third-order valence-corrected chi connectivity index (χ3v) is 3.90. The molecule has 0 radical (unpaired) electrons. The molecule has 126 valence electrons. The maximum atomic E-state index is 12.0. The third-order valence-electron chi connectivity index (χ3n) is 3.90. The van der Waals surface area contributed by atoms with Crippen molar-refractivity contribution in [3.05, 3.63) is 53.6 Å². The topological polar surface area (TPSA) is 56.8 Å². The molecule has 5 heteroatoms. The molecule has 0 fully saturated rings. The summed E-state index contributed by atoms with van der Waals surface area (Å²) in [4.78, 5) is 12.0. The lowest BCUT2D eigenvalue weighted by Gasteiger charge is -2.18. The van der Waals surface area contributed by atoms with Crippen molar-refractivity contribution in [3.8, 4) is 17.2 Å². The predicted molar refractivity (Wildman–Crippen MR) is 90.6 cm³/mol. The number of ether oxygens (including phenoxy) is 3. The van der Waals surface area contributed by atoms with E-state index in [9.17, 15) is 4.79 Å². The van der Waals surface area contributed by atoms with Crippen molar-refractivity contribution in [2.24, 2.45) is 0 Å². The molecule has 0 bridgehead atoms. The molecule has 0 aromatic heterocycles. The van der Waals surface area contributed by atoms with Crippen LogP contribution in [0.4, 0.5) is 0 Å². The highest BCUT2D eigenvalue weighted by Crippen LogP contribution is 2.31. The third kappa shape index (κ3) is 4.19. The fourth-order valence-corrected chi connectivity index (χ4v) is 2.53. The van der Waals surface area contributed by atoms with Gasteiger partial charge in [-0.2, -0.15) is 0 Å². The van der Waals surface area contributed by atoms with Crippen molar-refractivity contribution < 1.29 is 19.0 Å². The average Bonchev–Trinajstić information content (AvgIpc) is 2.65. The number of hydrogen-bond acceptors (Lipinski definition) is 4. The van der Waals surface area contributed by atoms with Gasteiger partial charge in [-0.15, -0.1) is 0 Å². The number of aryl methyl sites for hydroxylation is 1. The Kier molecular flexibility index (Phi) is 5.21. The van der Waals surface area contributed by atoms with Crippen molar-refractivity contribution in [1.29, 1.82) is 0 Å². The van der Waals surface area contributed by atoms with Crippen molar-refractivity contribution in [2.75, 3.05) is 20.3 Å². The zero-order chi connectivity index (χ0) is 16.8. The van der Waals surface area contributed by atoms with Gasteiger partial charge in [0, 0.05) is 13.0 Å². The lowest BCUT2D eigenvalue weighted by atomic mass is 10.1. The lowest BCUT2D eigenvalue weighted by Crippen LogP contribution is -2.23. The SMILES string of the molecule is COc1ccc(CNC(=O)CCc2ccc3c(c2)OCCO3)cc1. The van der Waals surface area contributed by atoms with Crippen molar-refractivity contribution in [2.45, 2.75) is 19.4 Å². The van der Waals surface area contributed by atoms with E-state index in [-0.39, 0.29) is 5.91 Å². The van der Waals surface area contributed by atoms with Crippen LogP contribution in [-0.2, 0) is 17.8 Å². The van der Waals surface area contributed by atoms with Gasteiger partial charge in [-0.1, -0.05) is 18.2 Å². The number of amides is 1. The molecule has 24 heavy (non-hydrogen) atoms. The molecule has 2 aromatic rings.